The molecule has 0 saturated carbocycles. The maximum Gasteiger partial charge on any atom is 0.00855 e. The van der Waals surface area contributed by atoms with Crippen LogP contribution in [0.15, 0.2) is 0 Å². The highest BCUT2D eigenvalue weighted by atomic mass is 79.9. The van der Waals surface area contributed by atoms with Gasteiger partial charge in [-0.2, -0.15) is 11.8 Å². The van der Waals surface area contributed by atoms with E-state index in [4.69, 9.17) is 0 Å². The first-order valence-electron chi connectivity index (χ1n) is 3.73. The maximum atomic E-state index is 3.55. The molecule has 0 aromatic carbocycles. The van der Waals surface area contributed by atoms with Crippen molar-refractivity contribution in [2.75, 3.05) is 17.3 Å². The Labute approximate surface area is 77.3 Å². The monoisotopic (exact) mass is 224 g/mol. The molecule has 0 aromatic heterocycles. The van der Waals surface area contributed by atoms with Crippen LogP contribution in [0.5, 0.6) is 0 Å². The van der Waals surface area contributed by atoms with Gasteiger partial charge in [0.2, 0.25) is 0 Å². The van der Waals surface area contributed by atoms with Crippen LogP contribution in [0.2, 0.25) is 0 Å². The number of thioether (sulfide) groups is 1. The molecule has 0 N–H and O–H groups in total. The summed E-state index contributed by atoms with van der Waals surface area (Å²) >= 11 is 5.49. The van der Waals surface area contributed by atoms with Gasteiger partial charge >= 0.3 is 0 Å². The van der Waals surface area contributed by atoms with E-state index < -0.39 is 0 Å². The molecular weight excluding hydrogens is 208 g/mol. The Morgan fingerprint density at radius 2 is 2.10 bits per heavy atom. The van der Waals surface area contributed by atoms with E-state index in [0.29, 0.717) is 5.41 Å². The van der Waals surface area contributed by atoms with E-state index >= 15 is 0 Å². The molecular formula is C8H17BrS. The smallest absolute Gasteiger partial charge is 0.00855 e. The summed E-state index contributed by atoms with van der Waals surface area (Å²) < 4.78 is 0. The van der Waals surface area contributed by atoms with Crippen molar-refractivity contribution in [1.29, 1.82) is 0 Å². The lowest BCUT2D eigenvalue weighted by Crippen LogP contribution is -2.17. The number of alkyl halides is 1. The van der Waals surface area contributed by atoms with E-state index in [1.165, 1.54) is 18.6 Å². The standard InChI is InChI=1S/C8H17BrS/c1-4-8(2,7-9)5-6-10-3/h4-7H2,1-3H3. The van der Waals surface area contributed by atoms with Crippen LogP contribution in [0.3, 0.4) is 0 Å². The fraction of sp³-hybridized carbons (Fsp3) is 1.00. The zero-order chi connectivity index (χ0) is 8.04. The third-order valence-electron chi connectivity index (χ3n) is 2.09. The van der Waals surface area contributed by atoms with Crippen LogP contribution in [0, 0.1) is 5.41 Å². The van der Waals surface area contributed by atoms with Gasteiger partial charge in [-0.1, -0.05) is 29.8 Å². The lowest BCUT2D eigenvalue weighted by Gasteiger charge is -2.24. The third-order valence-corrected chi connectivity index (χ3v) is 4.05. The molecule has 0 saturated heterocycles. The van der Waals surface area contributed by atoms with Crippen molar-refractivity contribution in [3.8, 4) is 0 Å². The molecule has 0 aliphatic carbocycles. The summed E-state index contributed by atoms with van der Waals surface area (Å²) in [4.78, 5) is 0. The second-order valence-electron chi connectivity index (χ2n) is 3.04. The Balaban J connectivity index is 3.58. The van der Waals surface area contributed by atoms with Crippen LogP contribution in [0.25, 0.3) is 0 Å². The highest BCUT2D eigenvalue weighted by Gasteiger charge is 2.18. The average molecular weight is 225 g/mol. The maximum absolute atomic E-state index is 3.55. The first-order chi connectivity index (χ1) is 4.68. The quantitative estimate of drug-likeness (QED) is 0.645. The minimum absolute atomic E-state index is 0.531. The minimum atomic E-state index is 0.531. The summed E-state index contributed by atoms with van der Waals surface area (Å²) in [6.07, 6.45) is 4.78. The predicted molar refractivity (Wildman–Crippen MR) is 55.2 cm³/mol. The molecule has 0 nitrogen and oxygen atoms in total. The minimum Gasteiger partial charge on any atom is -0.165 e. The molecule has 0 aliphatic heterocycles. The molecule has 0 rings (SSSR count). The fourth-order valence-electron chi connectivity index (χ4n) is 0.687. The van der Waals surface area contributed by atoms with Gasteiger partial charge in [0.25, 0.3) is 0 Å². The van der Waals surface area contributed by atoms with E-state index in [1.54, 1.807) is 0 Å². The van der Waals surface area contributed by atoms with Crippen LogP contribution in [-0.2, 0) is 0 Å². The molecule has 0 fully saturated rings. The van der Waals surface area contributed by atoms with Gasteiger partial charge in [0, 0.05) is 5.33 Å². The second kappa shape index (κ2) is 5.48. The van der Waals surface area contributed by atoms with Crippen LogP contribution < -0.4 is 0 Å². The van der Waals surface area contributed by atoms with Crippen LogP contribution in [0.1, 0.15) is 26.7 Å². The van der Waals surface area contributed by atoms with Crippen LogP contribution in [0.4, 0.5) is 0 Å². The molecule has 0 radical (unpaired) electrons. The first-order valence-corrected chi connectivity index (χ1v) is 6.25. The fourth-order valence-corrected chi connectivity index (χ4v) is 2.06. The zero-order valence-electron chi connectivity index (χ0n) is 7.11. The Kier molecular flexibility index (Phi) is 5.93. The number of rotatable bonds is 5. The van der Waals surface area contributed by atoms with Crippen molar-refractivity contribution in [3.63, 3.8) is 0 Å². The normalized spacial score (nSPS) is 16.8. The average Bonchev–Trinajstić information content (AvgIpc) is 2.00. The molecule has 0 amide bonds. The third kappa shape index (κ3) is 3.87. The van der Waals surface area contributed by atoms with Gasteiger partial charge in [0.05, 0.1) is 0 Å². The van der Waals surface area contributed by atoms with Gasteiger partial charge in [0.15, 0.2) is 0 Å². The Morgan fingerprint density at radius 3 is 2.40 bits per heavy atom. The van der Waals surface area contributed by atoms with Crippen molar-refractivity contribution in [1.82, 2.24) is 0 Å². The molecule has 0 spiro atoms. The second-order valence-corrected chi connectivity index (χ2v) is 4.59. The summed E-state index contributed by atoms with van der Waals surface area (Å²) in [6.45, 7) is 4.61. The predicted octanol–water partition coefficient (Wildman–Crippen LogP) is 3.55. The van der Waals surface area contributed by atoms with Crippen molar-refractivity contribution in [2.45, 2.75) is 26.7 Å². The van der Waals surface area contributed by atoms with Crippen LogP contribution in [-0.4, -0.2) is 17.3 Å². The highest BCUT2D eigenvalue weighted by Crippen LogP contribution is 2.28. The van der Waals surface area contributed by atoms with Gasteiger partial charge in [-0.25, -0.2) is 0 Å². The van der Waals surface area contributed by atoms with Gasteiger partial charge in [-0.3, -0.25) is 0 Å². The molecule has 0 bridgehead atoms. The van der Waals surface area contributed by atoms with Crippen molar-refractivity contribution in [3.05, 3.63) is 0 Å². The molecule has 10 heavy (non-hydrogen) atoms. The van der Waals surface area contributed by atoms with Crippen molar-refractivity contribution >= 4 is 27.7 Å². The highest BCUT2D eigenvalue weighted by molar-refractivity contribution is 9.09. The number of hydrogen-bond donors (Lipinski definition) is 0. The van der Waals surface area contributed by atoms with Gasteiger partial charge in [0.1, 0.15) is 0 Å². The molecule has 62 valence electrons. The summed E-state index contributed by atoms with van der Waals surface area (Å²) in [7, 11) is 0. The van der Waals surface area contributed by atoms with Gasteiger partial charge in [-0.05, 0) is 30.3 Å². The molecule has 1 unspecified atom stereocenters. The van der Waals surface area contributed by atoms with Crippen molar-refractivity contribution < 1.29 is 0 Å². The number of hydrogen-bond acceptors (Lipinski definition) is 1. The van der Waals surface area contributed by atoms with E-state index in [0.717, 1.165) is 5.33 Å². The SMILES string of the molecule is CCC(C)(CBr)CCSC. The summed E-state index contributed by atoms with van der Waals surface area (Å²) in [5.41, 5.74) is 0.531. The molecule has 0 aromatic rings. The molecule has 0 aliphatic rings. The lowest BCUT2D eigenvalue weighted by atomic mass is 9.87. The molecule has 0 heterocycles. The molecule has 2 heteroatoms. The lowest BCUT2D eigenvalue weighted by molar-refractivity contribution is 0.353. The summed E-state index contributed by atoms with van der Waals surface area (Å²) in [6, 6.07) is 0. The largest absolute Gasteiger partial charge is 0.165 e. The molecule has 1 atom stereocenters. The topological polar surface area (TPSA) is 0 Å². The number of halogens is 1. The van der Waals surface area contributed by atoms with E-state index in [2.05, 4.69) is 36.0 Å². The zero-order valence-corrected chi connectivity index (χ0v) is 9.52. The summed E-state index contributed by atoms with van der Waals surface area (Å²) in [5.74, 6) is 1.29. The van der Waals surface area contributed by atoms with E-state index in [-0.39, 0.29) is 0 Å². The van der Waals surface area contributed by atoms with Gasteiger partial charge < -0.3 is 0 Å². The van der Waals surface area contributed by atoms with E-state index in [1.807, 2.05) is 11.8 Å². The first kappa shape index (κ1) is 10.8. The summed E-state index contributed by atoms with van der Waals surface area (Å²) in [5, 5.41) is 1.14. The Hall–Kier alpha value is 0.830. The van der Waals surface area contributed by atoms with Gasteiger partial charge in [-0.15, -0.1) is 0 Å². The Bertz CT molecular complexity index is 79.3. The van der Waals surface area contributed by atoms with E-state index in [9.17, 15) is 0 Å². The Morgan fingerprint density at radius 1 is 1.50 bits per heavy atom. The van der Waals surface area contributed by atoms with Crippen LogP contribution >= 0.6 is 27.7 Å². The van der Waals surface area contributed by atoms with Crippen molar-refractivity contribution in [2.24, 2.45) is 5.41 Å².